The predicted octanol–water partition coefficient (Wildman–Crippen LogP) is 5.61. The number of hydrogen-bond donors (Lipinski definition) is 1. The van der Waals surface area contributed by atoms with Crippen LogP contribution in [0.25, 0.3) is 0 Å². The van der Waals surface area contributed by atoms with Gasteiger partial charge >= 0.3 is 0 Å². The molecule has 4 heteroatoms. The Morgan fingerprint density at radius 3 is 2.14 bits per heavy atom. The van der Waals surface area contributed by atoms with Crippen LogP contribution in [0.15, 0.2) is 47.4 Å². The summed E-state index contributed by atoms with van der Waals surface area (Å²) in [4.78, 5) is 1.25. The van der Waals surface area contributed by atoms with Crippen molar-refractivity contribution in [3.8, 4) is 0 Å². The van der Waals surface area contributed by atoms with E-state index in [1.165, 1.54) is 16.5 Å². The van der Waals surface area contributed by atoms with Gasteiger partial charge in [0.2, 0.25) is 0 Å². The van der Waals surface area contributed by atoms with Gasteiger partial charge in [0.05, 0.1) is 5.02 Å². The molecule has 0 saturated carbocycles. The molecule has 0 aliphatic carbocycles. The van der Waals surface area contributed by atoms with E-state index in [9.17, 15) is 4.39 Å². The molecule has 0 saturated heterocycles. The number of halogens is 2. The highest BCUT2D eigenvalue weighted by Crippen LogP contribution is 2.24. The van der Waals surface area contributed by atoms with Crippen LogP contribution in [0.4, 0.5) is 4.39 Å². The zero-order valence-electron chi connectivity index (χ0n) is 12.4. The first-order valence-electron chi connectivity index (χ1n) is 6.86. The van der Waals surface area contributed by atoms with Gasteiger partial charge in [0.25, 0.3) is 0 Å². The van der Waals surface area contributed by atoms with Crippen LogP contribution in [0.1, 0.15) is 37.1 Å². The van der Waals surface area contributed by atoms with Crippen LogP contribution in [0.5, 0.6) is 0 Å². The Hall–Kier alpha value is -1.03. The molecule has 0 spiro atoms. The molecule has 0 aliphatic heterocycles. The fraction of sp³-hybridized carbons (Fsp3) is 0.294. The van der Waals surface area contributed by atoms with Crippen LogP contribution in [0.3, 0.4) is 0 Å². The summed E-state index contributed by atoms with van der Waals surface area (Å²) in [7, 11) is 0. The second-order valence-corrected chi connectivity index (χ2v) is 6.34. The minimum Gasteiger partial charge on any atom is -0.304 e. The van der Waals surface area contributed by atoms with Crippen molar-refractivity contribution in [2.75, 3.05) is 6.26 Å². The third-order valence-corrected chi connectivity index (χ3v) is 4.61. The van der Waals surface area contributed by atoms with Crippen molar-refractivity contribution in [1.29, 1.82) is 0 Å². The molecule has 1 nitrogen and oxygen atoms in total. The number of nitrogens with one attached hydrogen (secondary N) is 1. The molecular formula is C17H19ClFNS. The number of rotatable bonds is 5. The van der Waals surface area contributed by atoms with Gasteiger partial charge in [-0.25, -0.2) is 4.39 Å². The van der Waals surface area contributed by atoms with Gasteiger partial charge in [0.15, 0.2) is 0 Å². The molecule has 112 valence electrons. The maximum atomic E-state index is 13.5. The molecule has 1 N–H and O–H groups in total. The molecule has 0 radical (unpaired) electrons. The van der Waals surface area contributed by atoms with Crippen molar-refractivity contribution in [3.63, 3.8) is 0 Å². The van der Waals surface area contributed by atoms with E-state index in [-0.39, 0.29) is 22.9 Å². The van der Waals surface area contributed by atoms with Crippen molar-refractivity contribution in [1.82, 2.24) is 5.32 Å². The Labute approximate surface area is 134 Å². The summed E-state index contributed by atoms with van der Waals surface area (Å²) in [5.41, 5.74) is 2.11. The molecule has 0 fully saturated rings. The third kappa shape index (κ3) is 4.22. The average Bonchev–Trinajstić information content (AvgIpc) is 2.50. The van der Waals surface area contributed by atoms with Crippen molar-refractivity contribution in [2.24, 2.45) is 0 Å². The van der Waals surface area contributed by atoms with Gasteiger partial charge in [-0.3, -0.25) is 0 Å². The SMILES string of the molecule is CSc1ccc(C(C)NC(C)c2ccc(Cl)c(F)c2)cc1. The topological polar surface area (TPSA) is 12.0 Å². The zero-order chi connectivity index (χ0) is 15.4. The van der Waals surface area contributed by atoms with E-state index in [1.54, 1.807) is 17.8 Å². The third-order valence-electron chi connectivity index (χ3n) is 3.56. The first-order valence-corrected chi connectivity index (χ1v) is 8.46. The molecule has 0 amide bonds. The molecule has 0 heterocycles. The molecule has 0 aliphatic rings. The van der Waals surface area contributed by atoms with Crippen LogP contribution < -0.4 is 5.32 Å². The Kier molecular flexibility index (Phi) is 5.68. The van der Waals surface area contributed by atoms with Gasteiger partial charge in [0, 0.05) is 17.0 Å². The lowest BCUT2D eigenvalue weighted by Gasteiger charge is -2.21. The van der Waals surface area contributed by atoms with E-state index in [0.717, 1.165) is 5.56 Å². The van der Waals surface area contributed by atoms with Crippen molar-refractivity contribution in [3.05, 3.63) is 64.4 Å². The van der Waals surface area contributed by atoms with Gasteiger partial charge in [-0.05, 0) is 55.5 Å². The smallest absolute Gasteiger partial charge is 0.142 e. The first-order chi connectivity index (χ1) is 10.0. The monoisotopic (exact) mass is 323 g/mol. The molecule has 2 atom stereocenters. The predicted molar refractivity (Wildman–Crippen MR) is 89.6 cm³/mol. The van der Waals surface area contributed by atoms with Crippen molar-refractivity contribution >= 4 is 23.4 Å². The summed E-state index contributed by atoms with van der Waals surface area (Å²) in [5, 5.41) is 3.64. The van der Waals surface area contributed by atoms with Crippen LogP contribution in [0, 0.1) is 5.82 Å². The first kappa shape index (κ1) is 16.3. The lowest BCUT2D eigenvalue weighted by Crippen LogP contribution is -2.22. The average molecular weight is 324 g/mol. The quantitative estimate of drug-likeness (QED) is 0.717. The highest BCUT2D eigenvalue weighted by Gasteiger charge is 2.12. The van der Waals surface area contributed by atoms with E-state index in [4.69, 9.17) is 11.6 Å². The van der Waals surface area contributed by atoms with Gasteiger partial charge < -0.3 is 5.32 Å². The maximum Gasteiger partial charge on any atom is 0.142 e. The second kappa shape index (κ2) is 7.30. The van der Waals surface area contributed by atoms with Gasteiger partial charge in [0.1, 0.15) is 5.82 Å². The van der Waals surface area contributed by atoms with E-state index >= 15 is 0 Å². The molecular weight excluding hydrogens is 305 g/mol. The second-order valence-electron chi connectivity index (χ2n) is 5.06. The Balaban J connectivity index is 2.06. The van der Waals surface area contributed by atoms with Crippen LogP contribution in [-0.4, -0.2) is 6.26 Å². The Morgan fingerprint density at radius 2 is 1.57 bits per heavy atom. The standard InChI is InChI=1S/C17H19ClFNS/c1-11(13-4-7-15(21-3)8-5-13)20-12(2)14-6-9-16(18)17(19)10-14/h4-12,20H,1-3H3. The summed E-state index contributed by atoms with van der Waals surface area (Å²) in [5.74, 6) is -0.375. The Bertz CT molecular complexity index is 600. The van der Waals surface area contributed by atoms with Crippen LogP contribution >= 0.6 is 23.4 Å². The number of hydrogen-bond acceptors (Lipinski definition) is 2. The van der Waals surface area contributed by atoms with Crippen molar-refractivity contribution in [2.45, 2.75) is 30.8 Å². The molecule has 21 heavy (non-hydrogen) atoms. The highest BCUT2D eigenvalue weighted by atomic mass is 35.5. The fourth-order valence-electron chi connectivity index (χ4n) is 2.24. The van der Waals surface area contributed by atoms with Crippen LogP contribution in [-0.2, 0) is 0 Å². The largest absolute Gasteiger partial charge is 0.304 e. The number of thioether (sulfide) groups is 1. The van der Waals surface area contributed by atoms with E-state index in [2.05, 4.69) is 42.8 Å². The highest BCUT2D eigenvalue weighted by molar-refractivity contribution is 7.98. The van der Waals surface area contributed by atoms with Gasteiger partial charge in [-0.15, -0.1) is 11.8 Å². The van der Waals surface area contributed by atoms with Gasteiger partial charge in [-0.1, -0.05) is 29.8 Å². The lowest BCUT2D eigenvalue weighted by molar-refractivity contribution is 0.492. The summed E-state index contributed by atoms with van der Waals surface area (Å²) in [6.45, 7) is 4.13. The molecule has 2 rings (SSSR count). The summed E-state index contributed by atoms with van der Waals surface area (Å²) >= 11 is 7.45. The molecule has 2 aromatic carbocycles. The summed E-state index contributed by atoms with van der Waals surface area (Å²) < 4.78 is 13.5. The van der Waals surface area contributed by atoms with Crippen LogP contribution in [0.2, 0.25) is 5.02 Å². The lowest BCUT2D eigenvalue weighted by atomic mass is 10.0. The van der Waals surface area contributed by atoms with E-state index < -0.39 is 0 Å². The Morgan fingerprint density at radius 1 is 1.00 bits per heavy atom. The van der Waals surface area contributed by atoms with E-state index in [0.29, 0.717) is 0 Å². The summed E-state index contributed by atoms with van der Waals surface area (Å²) in [6.07, 6.45) is 2.06. The zero-order valence-corrected chi connectivity index (χ0v) is 13.9. The molecule has 0 aromatic heterocycles. The molecule has 0 bridgehead atoms. The maximum absolute atomic E-state index is 13.5. The fourth-order valence-corrected chi connectivity index (χ4v) is 2.77. The minimum atomic E-state index is -0.375. The van der Waals surface area contributed by atoms with Crippen molar-refractivity contribution < 1.29 is 4.39 Å². The normalized spacial score (nSPS) is 14.0. The van der Waals surface area contributed by atoms with Gasteiger partial charge in [-0.2, -0.15) is 0 Å². The molecule has 2 unspecified atom stereocenters. The number of benzene rings is 2. The molecule has 2 aromatic rings. The minimum absolute atomic E-state index is 0.0481. The summed E-state index contributed by atoms with van der Waals surface area (Å²) in [6, 6.07) is 13.7. The van der Waals surface area contributed by atoms with E-state index in [1.807, 2.05) is 13.0 Å².